The molecule has 0 aliphatic heterocycles. The summed E-state index contributed by atoms with van der Waals surface area (Å²) in [5, 5.41) is 0. The molecule has 0 unspecified atom stereocenters. The van der Waals surface area contributed by atoms with Crippen molar-refractivity contribution in [2.45, 2.75) is 104 Å². The van der Waals surface area contributed by atoms with Crippen LogP contribution in [0.5, 0.6) is 0 Å². The summed E-state index contributed by atoms with van der Waals surface area (Å²) in [6.07, 6.45) is 22.8. The minimum absolute atomic E-state index is 1.07. The molecule has 0 aromatic carbocycles. The number of rotatable bonds is 14. The average molecular weight is 305 g/mol. The molecule has 0 aliphatic carbocycles. The summed E-state index contributed by atoms with van der Waals surface area (Å²) in [5.74, 6) is 0. The highest BCUT2D eigenvalue weighted by Crippen LogP contribution is 2.12. The van der Waals surface area contributed by atoms with Gasteiger partial charge in [0.1, 0.15) is 6.54 Å². The predicted molar refractivity (Wildman–Crippen MR) is 97.1 cm³/mol. The highest BCUT2D eigenvalue weighted by Gasteiger charge is 1.98. The van der Waals surface area contributed by atoms with E-state index in [2.05, 4.69) is 42.9 Å². The van der Waals surface area contributed by atoms with E-state index in [4.69, 9.17) is 0 Å². The molecule has 0 bridgehead atoms. The van der Waals surface area contributed by atoms with Crippen molar-refractivity contribution < 1.29 is 4.57 Å². The Morgan fingerprint density at radius 2 is 1.09 bits per heavy atom. The number of nitrogens with zero attached hydrogens (tertiary/aromatic N) is 1. The molecule has 1 rings (SSSR count). The third-order valence-electron chi connectivity index (χ3n) is 4.64. The van der Waals surface area contributed by atoms with Crippen molar-refractivity contribution in [3.8, 4) is 0 Å². The Morgan fingerprint density at radius 3 is 1.55 bits per heavy atom. The summed E-state index contributed by atoms with van der Waals surface area (Å²) in [5.41, 5.74) is 1.50. The monoisotopic (exact) mass is 304 g/mol. The van der Waals surface area contributed by atoms with Crippen LogP contribution < -0.4 is 4.57 Å². The lowest BCUT2D eigenvalue weighted by atomic mass is 10.0. The van der Waals surface area contributed by atoms with Gasteiger partial charge in [0.05, 0.1) is 0 Å². The standard InChI is InChI=1S/C21H38N/c1-3-5-6-7-8-9-10-11-12-13-14-15-16-21-17-19-22(4-2)20-18-21/h17-20H,3-16H2,1-2H3/q+1. The van der Waals surface area contributed by atoms with E-state index in [0.29, 0.717) is 0 Å². The van der Waals surface area contributed by atoms with Crippen LogP contribution in [0.1, 0.15) is 96.5 Å². The van der Waals surface area contributed by atoms with Crippen LogP contribution in [0.15, 0.2) is 24.5 Å². The van der Waals surface area contributed by atoms with E-state index in [1.54, 1.807) is 0 Å². The van der Waals surface area contributed by atoms with Crippen LogP contribution in [0, 0.1) is 0 Å². The second kappa shape index (κ2) is 13.8. The van der Waals surface area contributed by atoms with Gasteiger partial charge in [0, 0.05) is 12.1 Å². The second-order valence-electron chi connectivity index (χ2n) is 6.68. The Morgan fingerprint density at radius 1 is 0.636 bits per heavy atom. The molecule has 1 heteroatoms. The van der Waals surface area contributed by atoms with E-state index in [1.165, 1.54) is 89.0 Å². The van der Waals surface area contributed by atoms with Gasteiger partial charge < -0.3 is 0 Å². The van der Waals surface area contributed by atoms with Gasteiger partial charge >= 0.3 is 0 Å². The van der Waals surface area contributed by atoms with Gasteiger partial charge in [-0.15, -0.1) is 0 Å². The predicted octanol–water partition coefficient (Wildman–Crippen LogP) is 6.24. The maximum absolute atomic E-state index is 2.29. The first-order chi connectivity index (χ1) is 10.9. The van der Waals surface area contributed by atoms with Crippen molar-refractivity contribution >= 4 is 0 Å². The van der Waals surface area contributed by atoms with E-state index in [0.717, 1.165) is 6.54 Å². The molecule has 1 aromatic rings. The molecule has 0 aliphatic rings. The second-order valence-corrected chi connectivity index (χ2v) is 6.68. The maximum atomic E-state index is 2.29. The molecule has 1 nitrogen and oxygen atoms in total. The average Bonchev–Trinajstić information content (AvgIpc) is 2.56. The van der Waals surface area contributed by atoms with Crippen molar-refractivity contribution in [1.82, 2.24) is 0 Å². The fraction of sp³-hybridized carbons (Fsp3) is 0.762. The van der Waals surface area contributed by atoms with Gasteiger partial charge in [-0.3, -0.25) is 0 Å². The first kappa shape index (κ1) is 19.2. The van der Waals surface area contributed by atoms with Crippen LogP contribution in [0.2, 0.25) is 0 Å². The number of unbranched alkanes of at least 4 members (excludes halogenated alkanes) is 11. The summed E-state index contributed by atoms with van der Waals surface area (Å²) >= 11 is 0. The van der Waals surface area contributed by atoms with E-state index >= 15 is 0 Å². The van der Waals surface area contributed by atoms with Gasteiger partial charge in [-0.25, -0.2) is 4.57 Å². The van der Waals surface area contributed by atoms with Crippen molar-refractivity contribution in [1.29, 1.82) is 0 Å². The summed E-state index contributed by atoms with van der Waals surface area (Å²) in [6.45, 7) is 5.54. The molecule has 0 N–H and O–H groups in total. The molecule has 22 heavy (non-hydrogen) atoms. The number of hydrogen-bond donors (Lipinski definition) is 0. The largest absolute Gasteiger partial charge is 0.205 e. The summed E-state index contributed by atoms with van der Waals surface area (Å²) in [4.78, 5) is 0. The zero-order chi connectivity index (χ0) is 15.9. The van der Waals surface area contributed by atoms with Gasteiger partial charge in [-0.1, -0.05) is 77.6 Å². The van der Waals surface area contributed by atoms with Gasteiger partial charge in [0.15, 0.2) is 12.4 Å². The van der Waals surface area contributed by atoms with Crippen molar-refractivity contribution in [3.05, 3.63) is 30.1 Å². The minimum atomic E-state index is 1.07. The minimum Gasteiger partial charge on any atom is -0.205 e. The summed E-state index contributed by atoms with van der Waals surface area (Å²) in [6, 6.07) is 4.56. The highest BCUT2D eigenvalue weighted by atomic mass is 14.9. The smallest absolute Gasteiger partial charge is 0.169 e. The lowest BCUT2D eigenvalue weighted by Gasteiger charge is -2.03. The summed E-state index contributed by atoms with van der Waals surface area (Å²) < 4.78 is 2.23. The van der Waals surface area contributed by atoms with Crippen LogP contribution >= 0.6 is 0 Å². The summed E-state index contributed by atoms with van der Waals surface area (Å²) in [7, 11) is 0. The molecule has 0 saturated heterocycles. The van der Waals surface area contributed by atoms with Crippen molar-refractivity contribution in [2.24, 2.45) is 0 Å². The van der Waals surface area contributed by atoms with Crippen molar-refractivity contribution in [2.75, 3.05) is 0 Å². The number of hydrogen-bond acceptors (Lipinski definition) is 0. The lowest BCUT2D eigenvalue weighted by molar-refractivity contribution is -0.693. The molecule has 1 heterocycles. The number of aryl methyl sites for hydroxylation is 2. The molecular formula is C21H38N+. The zero-order valence-corrected chi connectivity index (χ0v) is 15.2. The SMILES string of the molecule is CCCCCCCCCCCCCCc1cc[n+](CC)cc1. The molecule has 0 radical (unpaired) electrons. The lowest BCUT2D eigenvalue weighted by Crippen LogP contribution is -2.30. The molecule has 0 atom stereocenters. The van der Waals surface area contributed by atoms with Crippen molar-refractivity contribution in [3.63, 3.8) is 0 Å². The molecule has 0 saturated carbocycles. The molecule has 126 valence electrons. The third-order valence-corrected chi connectivity index (χ3v) is 4.64. The zero-order valence-electron chi connectivity index (χ0n) is 15.2. The molecule has 1 aromatic heterocycles. The van der Waals surface area contributed by atoms with E-state index in [-0.39, 0.29) is 0 Å². The van der Waals surface area contributed by atoms with Gasteiger partial charge in [0.2, 0.25) is 0 Å². The Kier molecular flexibility index (Phi) is 12.0. The Balaban J connectivity index is 1.85. The van der Waals surface area contributed by atoms with Crippen LogP contribution in [-0.2, 0) is 13.0 Å². The maximum Gasteiger partial charge on any atom is 0.169 e. The fourth-order valence-corrected chi connectivity index (χ4v) is 3.04. The number of pyridine rings is 1. The van der Waals surface area contributed by atoms with Crippen LogP contribution in [-0.4, -0.2) is 0 Å². The van der Waals surface area contributed by atoms with Gasteiger partial charge in [-0.2, -0.15) is 0 Å². The Bertz CT molecular complexity index is 341. The van der Waals surface area contributed by atoms with E-state index in [9.17, 15) is 0 Å². The van der Waals surface area contributed by atoms with Gasteiger partial charge in [0.25, 0.3) is 0 Å². The van der Waals surface area contributed by atoms with Crippen LogP contribution in [0.3, 0.4) is 0 Å². The third kappa shape index (κ3) is 9.97. The Hall–Kier alpha value is -0.850. The fourth-order valence-electron chi connectivity index (χ4n) is 3.04. The normalized spacial score (nSPS) is 11.0. The Labute approximate surface area is 139 Å². The van der Waals surface area contributed by atoms with E-state index < -0.39 is 0 Å². The van der Waals surface area contributed by atoms with E-state index in [1.807, 2.05) is 0 Å². The molecule has 0 spiro atoms. The molecule has 0 amide bonds. The molecular weight excluding hydrogens is 266 g/mol. The first-order valence-corrected chi connectivity index (χ1v) is 9.84. The van der Waals surface area contributed by atoms with Crippen LogP contribution in [0.4, 0.5) is 0 Å². The number of aromatic nitrogens is 1. The quantitative estimate of drug-likeness (QED) is 0.283. The highest BCUT2D eigenvalue weighted by molar-refractivity contribution is 5.07. The van der Waals surface area contributed by atoms with Gasteiger partial charge in [-0.05, 0) is 25.3 Å². The first-order valence-electron chi connectivity index (χ1n) is 9.84. The van der Waals surface area contributed by atoms with Crippen LogP contribution in [0.25, 0.3) is 0 Å². The topological polar surface area (TPSA) is 3.88 Å². The molecule has 0 fully saturated rings.